The van der Waals surface area contributed by atoms with Crippen molar-refractivity contribution < 1.29 is 36.9 Å². The van der Waals surface area contributed by atoms with E-state index in [-0.39, 0.29) is 17.1 Å². The number of benzene rings is 2. The summed E-state index contributed by atoms with van der Waals surface area (Å²) in [6.45, 7) is 3.09. The van der Waals surface area contributed by atoms with Crippen molar-refractivity contribution in [3.63, 3.8) is 0 Å². The SMILES string of the molecule is CC(C(=O)[O-])c1ccc(-n2cc(Cl)cn2)c(Cl)c1.CC(C(=O)[O-])c1ccc(-n2cc(Cl)cn2)c(Cl)c1.[Cu+2]. The molecule has 0 aliphatic carbocycles. The molecule has 0 spiro atoms. The average Bonchev–Trinajstić information content (AvgIpc) is 3.46. The minimum Gasteiger partial charge on any atom is -0.550 e. The molecule has 4 rings (SSSR count). The van der Waals surface area contributed by atoms with E-state index in [0.717, 1.165) is 0 Å². The van der Waals surface area contributed by atoms with Gasteiger partial charge >= 0.3 is 17.1 Å². The van der Waals surface area contributed by atoms with Crippen LogP contribution in [0.1, 0.15) is 36.8 Å². The fourth-order valence-electron chi connectivity index (χ4n) is 3.09. The van der Waals surface area contributed by atoms with Gasteiger partial charge in [-0.05, 0) is 35.4 Å². The molecule has 8 nitrogen and oxygen atoms in total. The van der Waals surface area contributed by atoms with Crippen LogP contribution in [0, 0.1) is 0 Å². The number of hydrogen-bond acceptors (Lipinski definition) is 6. The fraction of sp³-hybridized carbons (Fsp3) is 0.167. The first kappa shape index (κ1) is 30.7. The van der Waals surface area contributed by atoms with E-state index in [9.17, 15) is 19.8 Å². The van der Waals surface area contributed by atoms with E-state index in [1.54, 1.807) is 62.6 Å². The largest absolute Gasteiger partial charge is 2.00 e. The fourth-order valence-corrected chi connectivity index (χ4v) is 3.92. The zero-order chi connectivity index (χ0) is 26.6. The molecule has 2 heterocycles. The summed E-state index contributed by atoms with van der Waals surface area (Å²) < 4.78 is 3.05. The Balaban J connectivity index is 0.000000253. The van der Waals surface area contributed by atoms with Gasteiger partial charge in [-0.2, -0.15) is 10.2 Å². The number of rotatable bonds is 6. The maximum absolute atomic E-state index is 10.8. The van der Waals surface area contributed by atoms with Gasteiger partial charge in [0.05, 0.1) is 43.9 Å². The summed E-state index contributed by atoms with van der Waals surface area (Å²) >= 11 is 23.8. The second kappa shape index (κ2) is 13.3. The van der Waals surface area contributed by atoms with Gasteiger partial charge in [0.15, 0.2) is 0 Å². The molecule has 2 aromatic heterocycles. The van der Waals surface area contributed by atoms with Crippen molar-refractivity contribution in [3.8, 4) is 11.4 Å². The molecule has 13 heteroatoms. The summed E-state index contributed by atoms with van der Waals surface area (Å²) in [5.41, 5.74) is 2.44. The van der Waals surface area contributed by atoms with Crippen LogP contribution in [0.4, 0.5) is 0 Å². The molecule has 0 saturated heterocycles. The summed E-state index contributed by atoms with van der Waals surface area (Å²) in [5.74, 6) is -3.70. The normalized spacial score (nSPS) is 12.1. The monoisotopic (exact) mass is 629 g/mol. The van der Waals surface area contributed by atoms with E-state index in [1.165, 1.54) is 21.8 Å². The smallest absolute Gasteiger partial charge is 0.550 e. The molecule has 0 aliphatic rings. The van der Waals surface area contributed by atoms with Crippen molar-refractivity contribution in [2.24, 2.45) is 0 Å². The van der Waals surface area contributed by atoms with Gasteiger partial charge in [-0.15, -0.1) is 0 Å². The van der Waals surface area contributed by atoms with Crippen LogP contribution < -0.4 is 10.2 Å². The standard InChI is InChI=1S/2C12H10Cl2N2O2.Cu/c2*1-7(12(17)18)8-2-3-11(10(14)4-8)16-6-9(13)5-15-16;/h2*2-7H,1H3,(H,17,18);/q;;+2/p-2. The van der Waals surface area contributed by atoms with Crippen LogP contribution in [0.5, 0.6) is 0 Å². The Hall–Kier alpha value is -2.52. The number of aliphatic carboxylic acids is 2. The molecule has 2 atom stereocenters. The Morgan fingerprint density at radius 1 is 0.730 bits per heavy atom. The molecule has 4 aromatic rings. The predicted molar refractivity (Wildman–Crippen MR) is 134 cm³/mol. The van der Waals surface area contributed by atoms with Gasteiger partial charge in [-0.1, -0.05) is 72.4 Å². The Morgan fingerprint density at radius 2 is 1.08 bits per heavy atom. The predicted octanol–water partition coefficient (Wildman–Crippen LogP) is 4.06. The molecular formula is C24H18Cl4CuN4O4. The van der Waals surface area contributed by atoms with Crippen molar-refractivity contribution in [3.05, 3.63) is 92.4 Å². The van der Waals surface area contributed by atoms with Crippen molar-refractivity contribution in [1.82, 2.24) is 19.6 Å². The number of carbonyl (C=O) groups excluding carboxylic acids is 2. The average molecular weight is 632 g/mol. The third-order valence-electron chi connectivity index (χ3n) is 5.25. The summed E-state index contributed by atoms with van der Waals surface area (Å²) in [6, 6.07) is 9.93. The van der Waals surface area contributed by atoms with Crippen LogP contribution in [0.25, 0.3) is 11.4 Å². The third kappa shape index (κ3) is 7.74. The van der Waals surface area contributed by atoms with Gasteiger partial charge in [0.25, 0.3) is 0 Å². The number of carboxylic acid groups (broad SMARTS) is 2. The number of carbonyl (C=O) groups is 2. The minimum atomic E-state index is -1.14. The van der Waals surface area contributed by atoms with E-state index in [2.05, 4.69) is 10.2 Å². The topological polar surface area (TPSA) is 116 Å². The molecule has 0 N–H and O–H groups in total. The minimum absolute atomic E-state index is 0. The zero-order valence-corrected chi connectivity index (χ0v) is 23.1. The second-order valence-corrected chi connectivity index (χ2v) is 9.40. The molecule has 197 valence electrons. The van der Waals surface area contributed by atoms with Gasteiger partial charge in [0, 0.05) is 36.2 Å². The first-order chi connectivity index (χ1) is 17.0. The van der Waals surface area contributed by atoms with Crippen LogP contribution in [-0.2, 0) is 26.7 Å². The van der Waals surface area contributed by atoms with E-state index < -0.39 is 23.8 Å². The van der Waals surface area contributed by atoms with E-state index >= 15 is 0 Å². The Morgan fingerprint density at radius 3 is 1.32 bits per heavy atom. The molecule has 2 unspecified atom stereocenters. The molecule has 0 bridgehead atoms. The van der Waals surface area contributed by atoms with Gasteiger partial charge in [0.2, 0.25) is 0 Å². The molecule has 0 aliphatic heterocycles. The van der Waals surface area contributed by atoms with Gasteiger partial charge < -0.3 is 19.8 Å². The van der Waals surface area contributed by atoms with Crippen LogP contribution >= 0.6 is 46.4 Å². The molecule has 0 saturated carbocycles. The number of aromatic nitrogens is 4. The first-order valence-corrected chi connectivity index (χ1v) is 11.9. The van der Waals surface area contributed by atoms with Crippen molar-refractivity contribution >= 4 is 58.3 Å². The molecule has 1 radical (unpaired) electrons. The van der Waals surface area contributed by atoms with E-state index in [0.29, 0.717) is 42.6 Å². The van der Waals surface area contributed by atoms with E-state index in [1.807, 2.05) is 0 Å². The zero-order valence-electron chi connectivity index (χ0n) is 19.2. The van der Waals surface area contributed by atoms with Gasteiger partial charge in [-0.3, -0.25) is 0 Å². The van der Waals surface area contributed by atoms with Crippen LogP contribution in [0.3, 0.4) is 0 Å². The third-order valence-corrected chi connectivity index (χ3v) is 6.24. The number of carboxylic acids is 2. The number of halogens is 4. The quantitative estimate of drug-likeness (QED) is 0.297. The molecular weight excluding hydrogens is 614 g/mol. The summed E-state index contributed by atoms with van der Waals surface area (Å²) in [6.07, 6.45) is 6.22. The first-order valence-electron chi connectivity index (χ1n) is 10.4. The summed E-state index contributed by atoms with van der Waals surface area (Å²) in [4.78, 5) is 21.6. The molecule has 2 aromatic carbocycles. The number of hydrogen-bond donors (Lipinski definition) is 0. The van der Waals surface area contributed by atoms with Crippen molar-refractivity contribution in [1.29, 1.82) is 0 Å². The Labute approximate surface area is 243 Å². The maximum Gasteiger partial charge on any atom is 2.00 e. The Bertz CT molecular complexity index is 1300. The van der Waals surface area contributed by atoms with Crippen molar-refractivity contribution in [2.75, 3.05) is 0 Å². The van der Waals surface area contributed by atoms with Gasteiger partial charge in [0.1, 0.15) is 0 Å². The summed E-state index contributed by atoms with van der Waals surface area (Å²) in [7, 11) is 0. The van der Waals surface area contributed by atoms with Crippen LogP contribution in [0.2, 0.25) is 20.1 Å². The number of nitrogens with zero attached hydrogens (tertiary/aromatic N) is 4. The molecule has 0 fully saturated rings. The molecule has 0 amide bonds. The maximum atomic E-state index is 10.8. The van der Waals surface area contributed by atoms with Crippen molar-refractivity contribution in [2.45, 2.75) is 25.7 Å². The Kier molecular flexibility index (Phi) is 11.1. The summed E-state index contributed by atoms with van der Waals surface area (Å²) in [5, 5.41) is 31.4. The second-order valence-electron chi connectivity index (χ2n) is 7.71. The molecule has 37 heavy (non-hydrogen) atoms. The van der Waals surface area contributed by atoms with Crippen LogP contribution in [0.15, 0.2) is 61.2 Å². The van der Waals surface area contributed by atoms with Gasteiger partial charge in [-0.25, -0.2) is 9.36 Å². The van der Waals surface area contributed by atoms with E-state index in [4.69, 9.17) is 46.4 Å². The van der Waals surface area contributed by atoms with Crippen LogP contribution in [-0.4, -0.2) is 31.5 Å².